The molecule has 2 aromatic rings. The second-order valence-electron chi connectivity index (χ2n) is 6.30. The number of primary amides is 1. The molecule has 1 atom stereocenters. The lowest BCUT2D eigenvalue weighted by Crippen LogP contribution is -2.24. The highest BCUT2D eigenvalue weighted by Crippen LogP contribution is 2.39. The Morgan fingerprint density at radius 2 is 1.52 bits per heavy atom. The summed E-state index contributed by atoms with van der Waals surface area (Å²) in [5.41, 5.74) is 7.01. The van der Waals surface area contributed by atoms with Crippen LogP contribution in [0.2, 0.25) is 0 Å². The van der Waals surface area contributed by atoms with E-state index in [2.05, 4.69) is 5.32 Å². The quantitative estimate of drug-likeness (QED) is 0.625. The highest BCUT2D eigenvalue weighted by atomic mass is 16.5. The molecule has 0 aliphatic carbocycles. The third-order valence-corrected chi connectivity index (χ3v) is 4.35. The van der Waals surface area contributed by atoms with Crippen molar-refractivity contribution in [2.24, 2.45) is 5.73 Å². The first-order chi connectivity index (χ1) is 13.8. The summed E-state index contributed by atoms with van der Waals surface area (Å²) in [6.07, 6.45) is -0.131. The number of nitrogens with one attached hydrogen (secondary N) is 1. The zero-order valence-electron chi connectivity index (χ0n) is 16.8. The van der Waals surface area contributed by atoms with Crippen LogP contribution in [0, 0.1) is 0 Å². The lowest BCUT2D eigenvalue weighted by atomic mass is 9.90. The number of ketones is 1. The second-order valence-corrected chi connectivity index (χ2v) is 6.30. The van der Waals surface area contributed by atoms with Crippen LogP contribution in [0.4, 0.5) is 5.69 Å². The Bertz CT molecular complexity index is 883. The maximum absolute atomic E-state index is 12.9. The predicted molar refractivity (Wildman–Crippen MR) is 108 cm³/mol. The lowest BCUT2D eigenvalue weighted by molar-refractivity contribution is -0.119. The van der Waals surface area contributed by atoms with E-state index in [1.54, 1.807) is 24.3 Å². The van der Waals surface area contributed by atoms with Gasteiger partial charge in [-0.25, -0.2) is 0 Å². The summed E-state index contributed by atoms with van der Waals surface area (Å²) in [5, 5.41) is 2.64. The molecule has 8 heteroatoms. The zero-order valence-corrected chi connectivity index (χ0v) is 16.8. The molecular formula is C21H24N2O6. The van der Waals surface area contributed by atoms with E-state index in [9.17, 15) is 14.4 Å². The van der Waals surface area contributed by atoms with Crippen molar-refractivity contribution in [1.82, 2.24) is 0 Å². The number of hydrogen-bond donors (Lipinski definition) is 2. The van der Waals surface area contributed by atoms with E-state index in [0.29, 0.717) is 34.1 Å². The highest BCUT2D eigenvalue weighted by Gasteiger charge is 2.24. The molecule has 2 amide bonds. The fraction of sp³-hybridized carbons (Fsp3) is 0.286. The van der Waals surface area contributed by atoms with E-state index >= 15 is 0 Å². The van der Waals surface area contributed by atoms with E-state index in [4.69, 9.17) is 19.9 Å². The van der Waals surface area contributed by atoms with E-state index in [0.717, 1.165) is 0 Å². The van der Waals surface area contributed by atoms with Gasteiger partial charge in [-0.15, -0.1) is 0 Å². The largest absolute Gasteiger partial charge is 0.493 e. The molecule has 29 heavy (non-hydrogen) atoms. The van der Waals surface area contributed by atoms with Crippen molar-refractivity contribution in [1.29, 1.82) is 0 Å². The van der Waals surface area contributed by atoms with Crippen molar-refractivity contribution in [3.63, 3.8) is 0 Å². The molecule has 0 saturated carbocycles. The standard InChI is InChI=1S/C21H24N2O6/c1-12(24)23-15-7-5-13(6-8-15)16(21(22)26)11-17(25)14-9-18(27-2)20(29-4)19(10-14)28-3/h5-10,16H,11H2,1-4H3,(H2,22,26)(H,23,24). The van der Waals surface area contributed by atoms with Crippen LogP contribution in [0.15, 0.2) is 36.4 Å². The molecule has 8 nitrogen and oxygen atoms in total. The summed E-state index contributed by atoms with van der Waals surface area (Å²) in [7, 11) is 4.37. The van der Waals surface area contributed by atoms with Crippen LogP contribution in [0.5, 0.6) is 17.2 Å². The molecule has 0 heterocycles. The van der Waals surface area contributed by atoms with Gasteiger partial charge in [0.2, 0.25) is 17.6 Å². The fourth-order valence-electron chi connectivity index (χ4n) is 2.93. The van der Waals surface area contributed by atoms with Crippen molar-refractivity contribution < 1.29 is 28.6 Å². The topological polar surface area (TPSA) is 117 Å². The monoisotopic (exact) mass is 400 g/mol. The molecule has 2 rings (SSSR count). The van der Waals surface area contributed by atoms with Crippen molar-refractivity contribution in [2.75, 3.05) is 26.6 Å². The number of rotatable bonds is 9. The zero-order chi connectivity index (χ0) is 21.6. The average Bonchev–Trinajstić information content (AvgIpc) is 2.70. The summed E-state index contributed by atoms with van der Waals surface area (Å²) < 4.78 is 15.8. The van der Waals surface area contributed by atoms with Gasteiger partial charge in [-0.3, -0.25) is 14.4 Å². The number of Topliss-reactive ketones (excluding diaryl/α,β-unsaturated/α-hetero) is 1. The summed E-state index contributed by atoms with van der Waals surface area (Å²) in [4.78, 5) is 36.0. The Hall–Kier alpha value is -3.55. The summed E-state index contributed by atoms with van der Waals surface area (Å²) >= 11 is 0. The fourth-order valence-corrected chi connectivity index (χ4v) is 2.93. The minimum atomic E-state index is -0.826. The molecule has 0 aromatic heterocycles. The molecule has 154 valence electrons. The molecular weight excluding hydrogens is 376 g/mol. The molecule has 2 aromatic carbocycles. The maximum Gasteiger partial charge on any atom is 0.225 e. The van der Waals surface area contributed by atoms with Crippen LogP contribution in [-0.4, -0.2) is 38.9 Å². The van der Waals surface area contributed by atoms with Gasteiger partial charge in [-0.2, -0.15) is 0 Å². The number of methoxy groups -OCH3 is 3. The van der Waals surface area contributed by atoms with Gasteiger partial charge >= 0.3 is 0 Å². The third-order valence-electron chi connectivity index (χ3n) is 4.35. The molecule has 0 saturated heterocycles. The molecule has 0 bridgehead atoms. The van der Waals surface area contributed by atoms with Gasteiger partial charge in [-0.1, -0.05) is 12.1 Å². The number of anilines is 1. The van der Waals surface area contributed by atoms with Gasteiger partial charge in [0.25, 0.3) is 0 Å². The first-order valence-corrected chi connectivity index (χ1v) is 8.80. The Kier molecular flexibility index (Phi) is 7.19. The molecule has 0 aliphatic rings. The third kappa shape index (κ3) is 5.25. The van der Waals surface area contributed by atoms with Crippen LogP contribution in [0.3, 0.4) is 0 Å². The molecule has 0 aliphatic heterocycles. The van der Waals surface area contributed by atoms with Crippen LogP contribution in [-0.2, 0) is 9.59 Å². The van der Waals surface area contributed by atoms with E-state index in [-0.39, 0.29) is 18.1 Å². The predicted octanol–water partition coefficient (Wildman–Crippen LogP) is 2.51. The number of ether oxygens (including phenoxy) is 3. The van der Waals surface area contributed by atoms with Gasteiger partial charge in [0.05, 0.1) is 27.2 Å². The highest BCUT2D eigenvalue weighted by molar-refractivity contribution is 6.00. The number of amides is 2. The Labute approximate surface area is 168 Å². The molecule has 0 radical (unpaired) electrons. The normalized spacial score (nSPS) is 11.3. The van der Waals surface area contributed by atoms with Crippen molar-refractivity contribution in [3.05, 3.63) is 47.5 Å². The molecule has 1 unspecified atom stereocenters. The van der Waals surface area contributed by atoms with E-state index < -0.39 is 11.8 Å². The summed E-state index contributed by atoms with van der Waals surface area (Å²) in [5.74, 6) is -0.922. The summed E-state index contributed by atoms with van der Waals surface area (Å²) in [6, 6.07) is 9.67. The van der Waals surface area contributed by atoms with Crippen molar-refractivity contribution in [3.8, 4) is 17.2 Å². The smallest absolute Gasteiger partial charge is 0.225 e. The number of hydrogen-bond acceptors (Lipinski definition) is 6. The molecule has 0 spiro atoms. The number of carbonyl (C=O) groups is 3. The van der Waals surface area contributed by atoms with Gasteiger partial charge in [0.15, 0.2) is 17.3 Å². The number of nitrogens with two attached hydrogens (primary N) is 1. The molecule has 0 fully saturated rings. The Morgan fingerprint density at radius 3 is 1.93 bits per heavy atom. The van der Waals surface area contributed by atoms with Crippen LogP contribution >= 0.6 is 0 Å². The van der Waals surface area contributed by atoms with Crippen LogP contribution in [0.1, 0.15) is 35.2 Å². The molecule has 3 N–H and O–H groups in total. The van der Waals surface area contributed by atoms with Crippen LogP contribution in [0.25, 0.3) is 0 Å². The first-order valence-electron chi connectivity index (χ1n) is 8.80. The van der Waals surface area contributed by atoms with Crippen molar-refractivity contribution >= 4 is 23.3 Å². The van der Waals surface area contributed by atoms with Gasteiger partial charge in [0, 0.05) is 24.6 Å². The van der Waals surface area contributed by atoms with Gasteiger partial charge in [0.1, 0.15) is 0 Å². The Morgan fingerprint density at radius 1 is 0.966 bits per heavy atom. The van der Waals surface area contributed by atoms with Gasteiger partial charge in [-0.05, 0) is 29.8 Å². The van der Waals surface area contributed by atoms with E-state index in [1.165, 1.54) is 40.4 Å². The maximum atomic E-state index is 12.9. The Balaban J connectivity index is 2.30. The van der Waals surface area contributed by atoms with Crippen molar-refractivity contribution in [2.45, 2.75) is 19.3 Å². The minimum Gasteiger partial charge on any atom is -0.493 e. The minimum absolute atomic E-state index is 0.131. The SMILES string of the molecule is COc1cc(C(=O)CC(C(N)=O)c2ccc(NC(C)=O)cc2)cc(OC)c1OC. The summed E-state index contributed by atoms with van der Waals surface area (Å²) in [6.45, 7) is 1.40. The number of benzene rings is 2. The number of carbonyl (C=O) groups excluding carboxylic acids is 3. The van der Waals surface area contributed by atoms with E-state index in [1.807, 2.05) is 0 Å². The van der Waals surface area contributed by atoms with Crippen LogP contribution < -0.4 is 25.3 Å². The first kappa shape index (κ1) is 21.7. The second kappa shape index (κ2) is 9.59. The average molecular weight is 400 g/mol. The lowest BCUT2D eigenvalue weighted by Gasteiger charge is -2.16. The van der Waals surface area contributed by atoms with Gasteiger partial charge < -0.3 is 25.3 Å².